The summed E-state index contributed by atoms with van der Waals surface area (Å²) in [4.78, 5) is 15.1. The van der Waals surface area contributed by atoms with E-state index in [2.05, 4.69) is 15.3 Å². The summed E-state index contributed by atoms with van der Waals surface area (Å²) in [6.07, 6.45) is -3.16. The number of nitrogens with zero attached hydrogens (tertiary/aromatic N) is 4. The van der Waals surface area contributed by atoms with Gasteiger partial charge >= 0.3 is 5.97 Å². The highest BCUT2D eigenvalue weighted by atomic mass is 35.5. The fourth-order valence-electron chi connectivity index (χ4n) is 5.25. The summed E-state index contributed by atoms with van der Waals surface area (Å²) in [6, 6.07) is 11.6. The Hall–Kier alpha value is -3.31. The summed E-state index contributed by atoms with van der Waals surface area (Å²) in [7, 11) is 0. The number of aromatic nitrogens is 2. The number of nitrogens with one attached hydrogen (secondary N) is 1. The molecule has 38 heavy (non-hydrogen) atoms. The molecule has 0 bridgehead atoms. The van der Waals surface area contributed by atoms with E-state index in [0.717, 1.165) is 48.3 Å². The van der Waals surface area contributed by atoms with Crippen LogP contribution in [0, 0.1) is 0 Å². The van der Waals surface area contributed by atoms with Gasteiger partial charge < -0.3 is 20.2 Å². The Kier molecular flexibility index (Phi) is 7.23. The van der Waals surface area contributed by atoms with Gasteiger partial charge in [-0.05, 0) is 29.8 Å². The van der Waals surface area contributed by atoms with Crippen molar-refractivity contribution in [3.63, 3.8) is 0 Å². The molecule has 202 valence electrons. The molecular formula is C26H26ClF4N5O2. The van der Waals surface area contributed by atoms with Crippen LogP contribution in [0.15, 0.2) is 48.7 Å². The summed E-state index contributed by atoms with van der Waals surface area (Å²) < 4.78 is 58.4. The van der Waals surface area contributed by atoms with Crippen molar-refractivity contribution in [1.29, 1.82) is 0 Å². The molecule has 0 spiro atoms. The Morgan fingerprint density at radius 2 is 1.82 bits per heavy atom. The van der Waals surface area contributed by atoms with E-state index in [0.29, 0.717) is 16.3 Å². The van der Waals surface area contributed by atoms with Crippen LogP contribution < -0.4 is 15.1 Å². The van der Waals surface area contributed by atoms with Gasteiger partial charge in [0.05, 0.1) is 18.8 Å². The van der Waals surface area contributed by atoms with E-state index in [1.54, 1.807) is 18.2 Å². The van der Waals surface area contributed by atoms with Crippen molar-refractivity contribution in [1.82, 2.24) is 15.1 Å². The lowest BCUT2D eigenvalue weighted by atomic mass is 9.97. The van der Waals surface area contributed by atoms with Gasteiger partial charge in [-0.15, -0.1) is 0 Å². The van der Waals surface area contributed by atoms with Crippen molar-refractivity contribution >= 4 is 28.9 Å². The second-order valence-electron chi connectivity index (χ2n) is 9.53. The van der Waals surface area contributed by atoms with Crippen LogP contribution in [0.25, 0.3) is 11.1 Å². The molecule has 3 heterocycles. The minimum Gasteiger partial charge on any atom is -0.478 e. The lowest BCUT2D eigenvalue weighted by Gasteiger charge is -2.40. The predicted molar refractivity (Wildman–Crippen MR) is 137 cm³/mol. The van der Waals surface area contributed by atoms with Crippen molar-refractivity contribution in [2.24, 2.45) is 0 Å². The molecule has 2 aliphatic rings. The first-order chi connectivity index (χ1) is 18.1. The van der Waals surface area contributed by atoms with Crippen LogP contribution in [0.1, 0.15) is 34.9 Å². The van der Waals surface area contributed by atoms with E-state index < -0.39 is 48.6 Å². The number of piperazine rings is 1. The maximum Gasteiger partial charge on any atom is 0.339 e. The monoisotopic (exact) mass is 551 g/mol. The number of carboxylic acids is 1. The van der Waals surface area contributed by atoms with Crippen LogP contribution in [0.5, 0.6) is 0 Å². The molecule has 2 aliphatic heterocycles. The lowest BCUT2D eigenvalue weighted by Crippen LogP contribution is -2.48. The summed E-state index contributed by atoms with van der Waals surface area (Å²) >= 11 is 6.27. The fraction of sp³-hybridized carbons (Fsp3) is 0.385. The van der Waals surface area contributed by atoms with Crippen LogP contribution in [0.2, 0.25) is 5.02 Å². The van der Waals surface area contributed by atoms with Gasteiger partial charge in [-0.3, -0.25) is 4.68 Å². The maximum absolute atomic E-state index is 15.0. The highest BCUT2D eigenvalue weighted by Crippen LogP contribution is 2.41. The van der Waals surface area contributed by atoms with Crippen molar-refractivity contribution in [2.75, 3.05) is 49.1 Å². The van der Waals surface area contributed by atoms with Crippen molar-refractivity contribution in [3.05, 3.63) is 64.9 Å². The molecule has 1 atom stereocenters. The molecule has 0 saturated carbocycles. The van der Waals surface area contributed by atoms with E-state index in [1.165, 1.54) is 4.90 Å². The molecular weight excluding hydrogens is 526 g/mol. The highest BCUT2D eigenvalue weighted by molar-refractivity contribution is 6.31. The summed E-state index contributed by atoms with van der Waals surface area (Å²) in [6.45, 7) is 2.83. The first-order valence-electron chi connectivity index (χ1n) is 12.2. The van der Waals surface area contributed by atoms with Gasteiger partial charge in [-0.25, -0.2) is 22.4 Å². The van der Waals surface area contributed by atoms with Crippen molar-refractivity contribution in [2.45, 2.75) is 24.8 Å². The number of rotatable bonds is 6. The van der Waals surface area contributed by atoms with Crippen molar-refractivity contribution < 1.29 is 27.5 Å². The smallest absolute Gasteiger partial charge is 0.339 e. The van der Waals surface area contributed by atoms with Gasteiger partial charge in [-0.1, -0.05) is 29.8 Å². The molecule has 2 fully saturated rings. The number of carbonyl (C=O) groups is 1. The number of benzene rings is 2. The maximum atomic E-state index is 15.0. The average Bonchev–Trinajstić information content (AvgIpc) is 3.35. The Balaban J connectivity index is 1.49. The SMILES string of the molecule is O=C(O)c1cnn(C2CN(c3cc(Cl)ccc3-c3ccc(N4CCNCC4)cc3)CC(F)(F)C2)c1C(F)F. The van der Waals surface area contributed by atoms with E-state index in [9.17, 15) is 18.7 Å². The van der Waals surface area contributed by atoms with Gasteiger partial charge in [0, 0.05) is 61.1 Å². The zero-order valence-corrected chi connectivity index (χ0v) is 21.0. The van der Waals surface area contributed by atoms with E-state index >= 15 is 8.78 Å². The number of hydrogen-bond acceptors (Lipinski definition) is 5. The number of halogens is 5. The second-order valence-corrected chi connectivity index (χ2v) is 9.97. The third-order valence-corrected chi connectivity index (χ3v) is 7.20. The zero-order chi connectivity index (χ0) is 27.0. The second kappa shape index (κ2) is 10.5. The largest absolute Gasteiger partial charge is 0.478 e. The Morgan fingerprint density at radius 1 is 1.11 bits per heavy atom. The fourth-order valence-corrected chi connectivity index (χ4v) is 5.42. The van der Waals surface area contributed by atoms with Crippen LogP contribution in [-0.2, 0) is 0 Å². The minimum atomic E-state index is -3.25. The Bertz CT molecular complexity index is 1310. The number of aromatic carboxylic acids is 1. The van der Waals surface area contributed by atoms with Gasteiger partial charge in [0.1, 0.15) is 11.3 Å². The average molecular weight is 552 g/mol. The number of piperidine rings is 1. The molecule has 1 unspecified atom stereocenters. The number of alkyl halides is 4. The lowest BCUT2D eigenvalue weighted by molar-refractivity contribution is -0.0298. The predicted octanol–water partition coefficient (Wildman–Crippen LogP) is 5.34. The molecule has 3 aromatic rings. The first-order valence-corrected chi connectivity index (χ1v) is 12.6. The van der Waals surface area contributed by atoms with Crippen LogP contribution in [0.3, 0.4) is 0 Å². The van der Waals surface area contributed by atoms with Crippen molar-refractivity contribution in [3.8, 4) is 11.1 Å². The van der Waals surface area contributed by atoms with E-state index in [-0.39, 0.29) is 6.54 Å². The quantitative estimate of drug-likeness (QED) is 0.403. The first kappa shape index (κ1) is 26.3. The van der Waals surface area contributed by atoms with Gasteiger partial charge in [0.15, 0.2) is 0 Å². The molecule has 5 rings (SSSR count). The highest BCUT2D eigenvalue weighted by Gasteiger charge is 2.43. The molecule has 1 aromatic heterocycles. The summed E-state index contributed by atoms with van der Waals surface area (Å²) in [5, 5.41) is 16.7. The molecule has 0 amide bonds. The molecule has 2 N–H and O–H groups in total. The molecule has 2 saturated heterocycles. The number of hydrogen-bond donors (Lipinski definition) is 2. The molecule has 0 radical (unpaired) electrons. The third kappa shape index (κ3) is 5.30. The van der Waals surface area contributed by atoms with Gasteiger partial charge in [0.25, 0.3) is 12.3 Å². The standard InChI is InChI=1S/C26H26ClF4N5O2/c27-17-3-6-20(16-1-4-18(5-2-16)34-9-7-32-8-10-34)22(11-17)35-14-19(12-26(30,31)15-35)36-23(24(28)29)21(13-33-36)25(37)38/h1-6,11,13,19,24,32H,7-10,12,14-15H2,(H,37,38). The Morgan fingerprint density at radius 3 is 2.47 bits per heavy atom. The normalized spacial score (nSPS) is 19.7. The zero-order valence-electron chi connectivity index (χ0n) is 20.3. The number of anilines is 2. The molecule has 2 aromatic carbocycles. The number of carboxylic acid groups (broad SMARTS) is 1. The minimum absolute atomic E-state index is 0.0811. The topological polar surface area (TPSA) is 73.6 Å². The third-order valence-electron chi connectivity index (χ3n) is 6.97. The molecule has 12 heteroatoms. The van der Waals surface area contributed by atoms with Gasteiger partial charge in [0.2, 0.25) is 0 Å². The van der Waals surface area contributed by atoms with Crippen LogP contribution in [0.4, 0.5) is 28.9 Å². The molecule has 7 nitrogen and oxygen atoms in total. The van der Waals surface area contributed by atoms with E-state index in [4.69, 9.17) is 11.6 Å². The summed E-state index contributed by atoms with van der Waals surface area (Å²) in [5.41, 5.74) is 1.37. The van der Waals surface area contributed by atoms with Crippen LogP contribution in [-0.4, -0.2) is 66.0 Å². The van der Waals surface area contributed by atoms with Gasteiger partial charge in [-0.2, -0.15) is 5.10 Å². The Labute approximate surface area is 221 Å². The summed E-state index contributed by atoms with van der Waals surface area (Å²) in [5.74, 6) is -4.84. The molecule has 0 aliphatic carbocycles. The van der Waals surface area contributed by atoms with E-state index in [1.807, 2.05) is 24.3 Å². The van der Waals surface area contributed by atoms with Crippen LogP contribution >= 0.6 is 11.6 Å².